The molecule has 1 aromatic heterocycles. The Bertz CT molecular complexity index is 422. The van der Waals surface area contributed by atoms with Crippen molar-refractivity contribution in [3.63, 3.8) is 0 Å². The quantitative estimate of drug-likeness (QED) is 0.365. The maximum atomic E-state index is 11.2. The van der Waals surface area contributed by atoms with Crippen molar-refractivity contribution in [1.29, 1.82) is 0 Å². The minimum atomic E-state index is -0.561. The van der Waals surface area contributed by atoms with Crippen LogP contribution in [0.3, 0.4) is 0 Å². The third-order valence-electron chi connectivity index (χ3n) is 1.75. The monoisotopic (exact) mass is 288 g/mol. The molecular formula is C9H9BrN2O4. The predicted octanol–water partition coefficient (Wildman–Crippen LogP) is 1.86. The van der Waals surface area contributed by atoms with Gasteiger partial charge in [0.2, 0.25) is 0 Å². The SMILES string of the molecule is CCOC(=O)Cc1cc([N+](=O)[O-])cnc1Br. The fourth-order valence-electron chi connectivity index (χ4n) is 1.07. The summed E-state index contributed by atoms with van der Waals surface area (Å²) in [6.45, 7) is 1.97. The van der Waals surface area contributed by atoms with Crippen LogP contribution in [0.25, 0.3) is 0 Å². The third kappa shape index (κ3) is 3.27. The Kier molecular flexibility index (Phi) is 4.36. The number of carbonyl (C=O) groups is 1. The number of pyridine rings is 1. The Morgan fingerprint density at radius 1 is 1.69 bits per heavy atom. The molecule has 0 amide bonds. The first-order valence-corrected chi connectivity index (χ1v) is 5.28. The Morgan fingerprint density at radius 3 is 2.94 bits per heavy atom. The number of nitro groups is 1. The summed E-state index contributed by atoms with van der Waals surface area (Å²) in [6.07, 6.45) is 1.09. The van der Waals surface area contributed by atoms with Crippen LogP contribution in [0.15, 0.2) is 16.9 Å². The molecule has 0 aliphatic carbocycles. The van der Waals surface area contributed by atoms with Gasteiger partial charge in [-0.3, -0.25) is 14.9 Å². The van der Waals surface area contributed by atoms with Gasteiger partial charge in [-0.25, -0.2) is 4.98 Å². The van der Waals surface area contributed by atoms with Crippen molar-refractivity contribution < 1.29 is 14.5 Å². The zero-order chi connectivity index (χ0) is 12.1. The molecule has 7 heteroatoms. The van der Waals surface area contributed by atoms with E-state index in [0.717, 1.165) is 6.20 Å². The smallest absolute Gasteiger partial charge is 0.310 e. The van der Waals surface area contributed by atoms with E-state index < -0.39 is 10.9 Å². The van der Waals surface area contributed by atoms with Crippen LogP contribution < -0.4 is 0 Å². The molecule has 0 fully saturated rings. The van der Waals surface area contributed by atoms with Gasteiger partial charge in [-0.15, -0.1) is 0 Å². The molecule has 1 heterocycles. The standard InChI is InChI=1S/C9H9BrN2O4/c1-2-16-8(13)4-6-3-7(12(14)15)5-11-9(6)10/h3,5H,2,4H2,1H3. The molecule has 1 aromatic rings. The molecule has 0 spiro atoms. The van der Waals surface area contributed by atoms with Gasteiger partial charge in [0.05, 0.1) is 18.0 Å². The molecule has 0 aliphatic rings. The highest BCUT2D eigenvalue weighted by molar-refractivity contribution is 9.10. The van der Waals surface area contributed by atoms with Crippen molar-refractivity contribution in [2.75, 3.05) is 6.61 Å². The molecule has 6 nitrogen and oxygen atoms in total. The van der Waals surface area contributed by atoms with Crippen LogP contribution >= 0.6 is 15.9 Å². The molecular weight excluding hydrogens is 280 g/mol. The number of nitrogens with zero attached hydrogens (tertiary/aromatic N) is 2. The molecule has 0 aliphatic heterocycles. The van der Waals surface area contributed by atoms with E-state index in [1.807, 2.05) is 0 Å². The number of carbonyl (C=O) groups excluding carboxylic acids is 1. The normalized spacial score (nSPS) is 9.88. The number of hydrogen-bond acceptors (Lipinski definition) is 5. The van der Waals surface area contributed by atoms with Crippen molar-refractivity contribution in [2.24, 2.45) is 0 Å². The van der Waals surface area contributed by atoms with Gasteiger partial charge in [0.15, 0.2) is 0 Å². The number of esters is 1. The summed E-state index contributed by atoms with van der Waals surface area (Å²) in [5.74, 6) is -0.439. The summed E-state index contributed by atoms with van der Waals surface area (Å²) in [6, 6.07) is 1.30. The van der Waals surface area contributed by atoms with E-state index in [1.165, 1.54) is 6.07 Å². The van der Waals surface area contributed by atoms with Crippen molar-refractivity contribution >= 4 is 27.6 Å². The summed E-state index contributed by atoms with van der Waals surface area (Å²) < 4.78 is 5.15. The number of hydrogen-bond donors (Lipinski definition) is 0. The predicted molar refractivity (Wildman–Crippen MR) is 58.9 cm³/mol. The average Bonchev–Trinajstić information content (AvgIpc) is 2.21. The first-order valence-electron chi connectivity index (χ1n) is 4.49. The van der Waals surface area contributed by atoms with Gasteiger partial charge in [-0.2, -0.15) is 0 Å². The van der Waals surface area contributed by atoms with Crippen LogP contribution in [0.2, 0.25) is 0 Å². The van der Waals surface area contributed by atoms with Gasteiger partial charge in [-0.05, 0) is 22.9 Å². The van der Waals surface area contributed by atoms with Gasteiger partial charge in [0, 0.05) is 11.6 Å². The fraction of sp³-hybridized carbons (Fsp3) is 0.333. The lowest BCUT2D eigenvalue weighted by molar-refractivity contribution is -0.385. The van der Waals surface area contributed by atoms with Gasteiger partial charge < -0.3 is 4.74 Å². The Hall–Kier alpha value is -1.50. The topological polar surface area (TPSA) is 82.3 Å². The Morgan fingerprint density at radius 2 is 2.38 bits per heavy atom. The summed E-state index contributed by atoms with van der Waals surface area (Å²) in [5.41, 5.74) is 0.287. The van der Waals surface area contributed by atoms with Crippen molar-refractivity contribution in [3.8, 4) is 0 Å². The highest BCUT2D eigenvalue weighted by atomic mass is 79.9. The molecule has 16 heavy (non-hydrogen) atoms. The molecule has 0 aromatic carbocycles. The molecule has 86 valence electrons. The lowest BCUT2D eigenvalue weighted by Gasteiger charge is -2.03. The lowest BCUT2D eigenvalue weighted by Crippen LogP contribution is -2.08. The van der Waals surface area contributed by atoms with E-state index >= 15 is 0 Å². The van der Waals surface area contributed by atoms with Gasteiger partial charge in [0.1, 0.15) is 10.8 Å². The molecule has 0 radical (unpaired) electrons. The minimum absolute atomic E-state index is 0.0386. The molecule has 1 rings (SSSR count). The zero-order valence-corrected chi connectivity index (χ0v) is 10.1. The van der Waals surface area contributed by atoms with Gasteiger partial charge in [-0.1, -0.05) is 0 Å². The fourth-order valence-corrected chi connectivity index (χ4v) is 1.43. The van der Waals surface area contributed by atoms with Crippen molar-refractivity contribution in [2.45, 2.75) is 13.3 Å². The average molecular weight is 289 g/mol. The number of aromatic nitrogens is 1. The molecule has 0 saturated carbocycles. The number of halogens is 1. The maximum Gasteiger partial charge on any atom is 0.310 e. The van der Waals surface area contributed by atoms with E-state index in [9.17, 15) is 14.9 Å². The first kappa shape index (κ1) is 12.6. The summed E-state index contributed by atoms with van der Waals surface area (Å²) in [4.78, 5) is 24.9. The van der Waals surface area contributed by atoms with Gasteiger partial charge >= 0.3 is 5.97 Å². The van der Waals surface area contributed by atoms with Crippen molar-refractivity contribution in [1.82, 2.24) is 4.98 Å². The van der Waals surface area contributed by atoms with Crippen LogP contribution in [0.4, 0.5) is 5.69 Å². The van der Waals surface area contributed by atoms with E-state index in [1.54, 1.807) is 6.92 Å². The van der Waals surface area contributed by atoms with Gasteiger partial charge in [0.25, 0.3) is 5.69 Å². The largest absolute Gasteiger partial charge is 0.466 e. The first-order chi connectivity index (χ1) is 7.54. The highest BCUT2D eigenvalue weighted by Gasteiger charge is 2.14. The van der Waals surface area contributed by atoms with Crippen molar-refractivity contribution in [3.05, 3.63) is 32.5 Å². The molecule has 0 N–H and O–H groups in total. The number of rotatable bonds is 4. The van der Waals surface area contributed by atoms with Crippen LogP contribution in [0, 0.1) is 10.1 Å². The summed E-state index contributed by atoms with van der Waals surface area (Å²) in [5, 5.41) is 10.5. The van der Waals surface area contributed by atoms with E-state index in [-0.39, 0.29) is 18.7 Å². The zero-order valence-electron chi connectivity index (χ0n) is 8.47. The Balaban J connectivity index is 2.90. The lowest BCUT2D eigenvalue weighted by atomic mass is 10.2. The second-order valence-electron chi connectivity index (χ2n) is 2.88. The van der Waals surface area contributed by atoms with E-state index in [4.69, 9.17) is 4.74 Å². The molecule has 0 unspecified atom stereocenters. The molecule has 0 bridgehead atoms. The molecule has 0 atom stereocenters. The third-order valence-corrected chi connectivity index (χ3v) is 2.46. The van der Waals surface area contributed by atoms with Crippen LogP contribution in [-0.4, -0.2) is 22.5 Å². The minimum Gasteiger partial charge on any atom is -0.466 e. The highest BCUT2D eigenvalue weighted by Crippen LogP contribution is 2.20. The Labute approximate surface area is 99.9 Å². The molecule has 0 saturated heterocycles. The second-order valence-corrected chi connectivity index (χ2v) is 3.63. The van der Waals surface area contributed by atoms with Crippen LogP contribution in [0.1, 0.15) is 12.5 Å². The summed E-state index contributed by atoms with van der Waals surface area (Å²) in [7, 11) is 0. The van der Waals surface area contributed by atoms with E-state index in [2.05, 4.69) is 20.9 Å². The van der Waals surface area contributed by atoms with E-state index in [0.29, 0.717) is 10.2 Å². The second kappa shape index (κ2) is 5.55. The van der Waals surface area contributed by atoms with Crippen LogP contribution in [0.5, 0.6) is 0 Å². The number of ether oxygens (including phenoxy) is 1. The summed E-state index contributed by atoms with van der Waals surface area (Å²) >= 11 is 3.12. The maximum absolute atomic E-state index is 11.2. The van der Waals surface area contributed by atoms with Crippen LogP contribution in [-0.2, 0) is 16.0 Å².